The van der Waals surface area contributed by atoms with E-state index in [4.69, 9.17) is 19.0 Å². The number of aliphatic carboxylic acids is 1. The van der Waals surface area contributed by atoms with Gasteiger partial charge in [0, 0.05) is 30.5 Å². The van der Waals surface area contributed by atoms with Crippen molar-refractivity contribution >= 4 is 11.9 Å². The molecule has 1 heterocycles. The number of carboxylic acid groups (broad SMARTS) is 1. The number of carbonyl (C=O) groups excluding carboxylic acids is 1. The van der Waals surface area contributed by atoms with E-state index in [1.54, 1.807) is 12.1 Å². The van der Waals surface area contributed by atoms with Crippen molar-refractivity contribution in [2.45, 2.75) is 32.7 Å². The Morgan fingerprint density at radius 1 is 0.947 bits per heavy atom. The van der Waals surface area contributed by atoms with Gasteiger partial charge in [-0.15, -0.1) is 0 Å². The molecule has 4 aromatic rings. The second kappa shape index (κ2) is 13.1. The van der Waals surface area contributed by atoms with Crippen molar-refractivity contribution in [3.8, 4) is 23.0 Å². The Kier molecular flexibility index (Phi) is 9.12. The number of aryl methyl sites for hydroxylation is 2. The number of para-hydroxylation sites is 1. The molecule has 1 amide bonds. The van der Waals surface area contributed by atoms with Crippen molar-refractivity contribution in [2.75, 3.05) is 13.2 Å². The van der Waals surface area contributed by atoms with Gasteiger partial charge in [0.1, 0.15) is 17.3 Å². The highest BCUT2D eigenvalue weighted by molar-refractivity contribution is 5.77. The summed E-state index contributed by atoms with van der Waals surface area (Å²) >= 11 is 0. The normalized spacial score (nSPS) is 10.7. The molecule has 3 aromatic carbocycles. The van der Waals surface area contributed by atoms with Crippen LogP contribution in [0.5, 0.6) is 11.5 Å². The second-order valence-electron chi connectivity index (χ2n) is 8.70. The van der Waals surface area contributed by atoms with E-state index < -0.39 is 5.97 Å². The highest BCUT2D eigenvalue weighted by atomic mass is 16.5. The summed E-state index contributed by atoms with van der Waals surface area (Å²) in [5, 5.41) is 11.9. The zero-order chi connectivity index (χ0) is 26.7. The number of carboxylic acids is 1. The largest absolute Gasteiger partial charge is 0.493 e. The van der Waals surface area contributed by atoms with Crippen LogP contribution in [0.25, 0.3) is 11.5 Å². The number of aromatic nitrogens is 1. The molecule has 0 aliphatic rings. The van der Waals surface area contributed by atoms with Crippen LogP contribution in [-0.2, 0) is 29.0 Å². The summed E-state index contributed by atoms with van der Waals surface area (Å²) in [6.45, 7) is 2.33. The molecule has 0 saturated carbocycles. The van der Waals surface area contributed by atoms with Gasteiger partial charge in [-0.25, -0.2) is 4.98 Å². The fourth-order valence-corrected chi connectivity index (χ4v) is 3.85. The number of benzene rings is 3. The second-order valence-corrected chi connectivity index (χ2v) is 8.70. The average Bonchev–Trinajstić information content (AvgIpc) is 3.31. The minimum Gasteiger partial charge on any atom is -0.493 e. The Bertz CT molecular complexity index is 1350. The number of hydrogen-bond donors (Lipinski definition) is 2. The molecule has 0 aliphatic carbocycles. The molecule has 1 aromatic heterocycles. The first-order valence-electron chi connectivity index (χ1n) is 12.4. The topological polar surface area (TPSA) is 111 Å². The van der Waals surface area contributed by atoms with Crippen LogP contribution in [0.3, 0.4) is 0 Å². The number of oxazole rings is 1. The fourth-order valence-electron chi connectivity index (χ4n) is 3.85. The van der Waals surface area contributed by atoms with Gasteiger partial charge < -0.3 is 24.3 Å². The first-order valence-corrected chi connectivity index (χ1v) is 12.4. The molecule has 196 valence electrons. The van der Waals surface area contributed by atoms with Crippen LogP contribution in [0.1, 0.15) is 29.0 Å². The zero-order valence-corrected chi connectivity index (χ0v) is 21.2. The number of carbonyl (C=O) groups is 2. The predicted molar refractivity (Wildman–Crippen MR) is 142 cm³/mol. The number of hydrogen-bond acceptors (Lipinski definition) is 6. The van der Waals surface area contributed by atoms with Crippen LogP contribution in [-0.4, -0.2) is 35.2 Å². The minimum absolute atomic E-state index is 0.0199. The third-order valence-corrected chi connectivity index (χ3v) is 5.85. The molecule has 0 bridgehead atoms. The van der Waals surface area contributed by atoms with Crippen LogP contribution in [0, 0.1) is 6.92 Å². The molecular formula is C30H30N2O6. The van der Waals surface area contributed by atoms with Gasteiger partial charge >= 0.3 is 5.97 Å². The lowest BCUT2D eigenvalue weighted by molar-refractivity contribution is -0.137. The SMILES string of the molecule is Cc1oc(-c2ccccc2)nc1CCOc1ccc(CCC(=O)O)cc1CNC(=O)COc1ccccc1. The minimum atomic E-state index is -0.865. The van der Waals surface area contributed by atoms with E-state index in [1.807, 2.05) is 73.7 Å². The van der Waals surface area contributed by atoms with Gasteiger partial charge in [0.15, 0.2) is 6.61 Å². The smallest absolute Gasteiger partial charge is 0.303 e. The molecule has 8 nitrogen and oxygen atoms in total. The summed E-state index contributed by atoms with van der Waals surface area (Å²) in [6, 6.07) is 24.3. The van der Waals surface area contributed by atoms with E-state index in [0.717, 1.165) is 28.1 Å². The predicted octanol–water partition coefficient (Wildman–Crippen LogP) is 4.98. The fraction of sp³-hybridized carbons (Fsp3) is 0.233. The lowest BCUT2D eigenvalue weighted by Gasteiger charge is -2.14. The van der Waals surface area contributed by atoms with Crippen LogP contribution in [0.4, 0.5) is 0 Å². The summed E-state index contributed by atoms with van der Waals surface area (Å²) in [5.74, 6) is 1.39. The Morgan fingerprint density at radius 2 is 1.68 bits per heavy atom. The van der Waals surface area contributed by atoms with Gasteiger partial charge in [-0.2, -0.15) is 0 Å². The van der Waals surface area contributed by atoms with Gasteiger partial charge in [0.2, 0.25) is 5.89 Å². The molecule has 2 N–H and O–H groups in total. The summed E-state index contributed by atoms with van der Waals surface area (Å²) in [4.78, 5) is 28.0. The molecule has 0 atom stereocenters. The average molecular weight is 515 g/mol. The standard InChI is InChI=1S/C30H30N2O6/c1-21-26(32-30(38-21)23-8-4-2-5-9-23)16-17-36-27-14-12-22(13-15-29(34)35)18-24(27)19-31-28(33)20-37-25-10-6-3-7-11-25/h2-12,14,18H,13,15-17,19-20H2,1H3,(H,31,33)(H,34,35). The molecule has 0 spiro atoms. The van der Waals surface area contributed by atoms with Gasteiger partial charge in [0.05, 0.1) is 12.3 Å². The van der Waals surface area contributed by atoms with Crippen LogP contribution < -0.4 is 14.8 Å². The quantitative estimate of drug-likeness (QED) is 0.259. The van der Waals surface area contributed by atoms with Crippen LogP contribution >= 0.6 is 0 Å². The van der Waals surface area contributed by atoms with Crippen molar-refractivity contribution in [1.82, 2.24) is 10.3 Å². The van der Waals surface area contributed by atoms with E-state index in [0.29, 0.717) is 36.8 Å². The lowest BCUT2D eigenvalue weighted by atomic mass is 10.1. The maximum Gasteiger partial charge on any atom is 0.303 e. The number of nitrogens with one attached hydrogen (secondary N) is 1. The molecule has 4 rings (SSSR count). The highest BCUT2D eigenvalue weighted by Gasteiger charge is 2.13. The molecular weight excluding hydrogens is 484 g/mol. The van der Waals surface area contributed by atoms with Crippen molar-refractivity contribution in [3.63, 3.8) is 0 Å². The van der Waals surface area contributed by atoms with Gasteiger partial charge in [-0.3, -0.25) is 9.59 Å². The van der Waals surface area contributed by atoms with Crippen molar-refractivity contribution < 1.29 is 28.6 Å². The molecule has 8 heteroatoms. The summed E-state index contributed by atoms with van der Waals surface area (Å²) in [6.07, 6.45) is 0.944. The Labute approximate surface area is 221 Å². The Morgan fingerprint density at radius 3 is 2.42 bits per heavy atom. The monoisotopic (exact) mass is 514 g/mol. The van der Waals surface area contributed by atoms with Crippen molar-refractivity contribution in [2.24, 2.45) is 0 Å². The van der Waals surface area contributed by atoms with Gasteiger partial charge in [-0.05, 0) is 49.2 Å². The maximum atomic E-state index is 12.4. The Hall–Kier alpha value is -4.59. The summed E-state index contributed by atoms with van der Waals surface area (Å²) in [7, 11) is 0. The molecule has 0 saturated heterocycles. The molecule has 0 aliphatic heterocycles. The van der Waals surface area contributed by atoms with Crippen molar-refractivity contribution in [1.29, 1.82) is 0 Å². The van der Waals surface area contributed by atoms with E-state index >= 15 is 0 Å². The van der Waals surface area contributed by atoms with E-state index in [9.17, 15) is 9.59 Å². The zero-order valence-electron chi connectivity index (χ0n) is 21.2. The van der Waals surface area contributed by atoms with Crippen LogP contribution in [0.2, 0.25) is 0 Å². The first-order chi connectivity index (χ1) is 18.5. The number of amides is 1. The Balaban J connectivity index is 1.38. The van der Waals surface area contributed by atoms with Gasteiger partial charge in [0.25, 0.3) is 5.91 Å². The molecule has 0 radical (unpaired) electrons. The molecule has 0 fully saturated rings. The van der Waals surface area contributed by atoms with E-state index in [2.05, 4.69) is 10.3 Å². The van der Waals surface area contributed by atoms with Crippen LogP contribution in [0.15, 0.2) is 83.3 Å². The number of ether oxygens (including phenoxy) is 2. The number of nitrogens with zero attached hydrogens (tertiary/aromatic N) is 1. The van der Waals surface area contributed by atoms with E-state index in [1.165, 1.54) is 0 Å². The maximum absolute atomic E-state index is 12.4. The van der Waals surface area contributed by atoms with Crippen molar-refractivity contribution in [3.05, 3.63) is 101 Å². The number of rotatable bonds is 13. The summed E-state index contributed by atoms with van der Waals surface area (Å²) in [5.41, 5.74) is 3.33. The lowest BCUT2D eigenvalue weighted by Crippen LogP contribution is -2.28. The third-order valence-electron chi connectivity index (χ3n) is 5.85. The van der Waals surface area contributed by atoms with Gasteiger partial charge in [-0.1, -0.05) is 48.5 Å². The third kappa shape index (κ3) is 7.70. The molecule has 38 heavy (non-hydrogen) atoms. The molecule has 0 unspecified atom stereocenters. The first kappa shape index (κ1) is 26.5. The highest BCUT2D eigenvalue weighted by Crippen LogP contribution is 2.24. The summed E-state index contributed by atoms with van der Waals surface area (Å²) < 4.78 is 17.4. The van der Waals surface area contributed by atoms with E-state index in [-0.39, 0.29) is 25.5 Å².